The fourth-order valence-corrected chi connectivity index (χ4v) is 1.37. The standard InChI is InChI=1S/C10H18O2/c1-8(2)7-9(11)10-5-3-4-6-12-10/h5,8-9,11H,3-4,6-7H2,1-2H3. The number of aliphatic hydroxyl groups excluding tert-OH is 1. The van der Waals surface area contributed by atoms with E-state index in [9.17, 15) is 5.11 Å². The maximum atomic E-state index is 9.65. The van der Waals surface area contributed by atoms with Crippen LogP contribution in [0.2, 0.25) is 0 Å². The molecule has 1 aliphatic heterocycles. The summed E-state index contributed by atoms with van der Waals surface area (Å²) in [6.07, 6.45) is 4.55. The normalized spacial score (nSPS) is 20.2. The first-order valence-electron chi connectivity index (χ1n) is 4.71. The molecule has 1 heterocycles. The molecule has 2 heteroatoms. The Balaban J connectivity index is 2.39. The van der Waals surface area contributed by atoms with Crippen molar-refractivity contribution in [2.75, 3.05) is 6.61 Å². The summed E-state index contributed by atoms with van der Waals surface area (Å²) in [6.45, 7) is 4.97. The molecule has 0 amide bonds. The van der Waals surface area contributed by atoms with E-state index in [1.165, 1.54) is 0 Å². The minimum absolute atomic E-state index is 0.384. The highest BCUT2D eigenvalue weighted by molar-refractivity contribution is 5.02. The fraction of sp³-hybridized carbons (Fsp3) is 0.800. The summed E-state index contributed by atoms with van der Waals surface area (Å²) in [7, 11) is 0. The van der Waals surface area contributed by atoms with Crippen LogP contribution in [-0.4, -0.2) is 17.8 Å². The minimum atomic E-state index is -0.384. The highest BCUT2D eigenvalue weighted by atomic mass is 16.5. The molecule has 12 heavy (non-hydrogen) atoms. The van der Waals surface area contributed by atoms with Gasteiger partial charge in [0.15, 0.2) is 0 Å². The summed E-state index contributed by atoms with van der Waals surface area (Å²) in [6, 6.07) is 0. The summed E-state index contributed by atoms with van der Waals surface area (Å²) < 4.78 is 5.35. The number of aliphatic hydroxyl groups is 1. The number of hydrogen-bond acceptors (Lipinski definition) is 2. The monoisotopic (exact) mass is 170 g/mol. The van der Waals surface area contributed by atoms with E-state index in [1.54, 1.807) is 0 Å². The van der Waals surface area contributed by atoms with Gasteiger partial charge in [0, 0.05) is 0 Å². The number of rotatable bonds is 3. The molecule has 2 nitrogen and oxygen atoms in total. The van der Waals surface area contributed by atoms with Crippen LogP contribution in [0.3, 0.4) is 0 Å². The Morgan fingerprint density at radius 2 is 2.33 bits per heavy atom. The van der Waals surface area contributed by atoms with Crippen LogP contribution in [0.1, 0.15) is 33.1 Å². The first-order chi connectivity index (χ1) is 5.70. The summed E-state index contributed by atoms with van der Waals surface area (Å²) in [5.41, 5.74) is 0. The second-order valence-electron chi connectivity index (χ2n) is 3.74. The Kier molecular flexibility index (Phi) is 3.60. The molecule has 1 aliphatic rings. The van der Waals surface area contributed by atoms with Gasteiger partial charge in [-0.25, -0.2) is 0 Å². The summed E-state index contributed by atoms with van der Waals surface area (Å²) in [5.74, 6) is 1.31. The molecule has 0 aromatic carbocycles. The van der Waals surface area contributed by atoms with Crippen molar-refractivity contribution in [2.24, 2.45) is 5.92 Å². The Labute approximate surface area is 74.2 Å². The van der Waals surface area contributed by atoms with Crippen molar-refractivity contribution in [1.29, 1.82) is 0 Å². The van der Waals surface area contributed by atoms with Crippen LogP contribution in [0.5, 0.6) is 0 Å². The quantitative estimate of drug-likeness (QED) is 0.702. The van der Waals surface area contributed by atoms with Gasteiger partial charge < -0.3 is 9.84 Å². The van der Waals surface area contributed by atoms with Crippen molar-refractivity contribution in [3.05, 3.63) is 11.8 Å². The van der Waals surface area contributed by atoms with Gasteiger partial charge in [0.1, 0.15) is 11.9 Å². The topological polar surface area (TPSA) is 29.5 Å². The third-order valence-electron chi connectivity index (χ3n) is 1.99. The van der Waals surface area contributed by atoms with E-state index in [1.807, 2.05) is 6.08 Å². The molecule has 70 valence electrons. The summed E-state index contributed by atoms with van der Waals surface area (Å²) >= 11 is 0. The van der Waals surface area contributed by atoms with Gasteiger partial charge in [-0.3, -0.25) is 0 Å². The first-order valence-corrected chi connectivity index (χ1v) is 4.71. The van der Waals surface area contributed by atoms with E-state index in [-0.39, 0.29) is 6.10 Å². The highest BCUT2D eigenvalue weighted by Crippen LogP contribution is 2.18. The lowest BCUT2D eigenvalue weighted by molar-refractivity contribution is 0.0793. The predicted octanol–water partition coefficient (Wildman–Crippen LogP) is 2.09. The molecule has 0 aromatic rings. The van der Waals surface area contributed by atoms with Crippen LogP contribution in [0.25, 0.3) is 0 Å². The third-order valence-corrected chi connectivity index (χ3v) is 1.99. The van der Waals surface area contributed by atoms with Crippen molar-refractivity contribution < 1.29 is 9.84 Å². The molecule has 0 aromatic heterocycles. The van der Waals surface area contributed by atoms with Crippen LogP contribution < -0.4 is 0 Å². The first kappa shape index (κ1) is 9.59. The molecular formula is C10H18O2. The van der Waals surface area contributed by atoms with Crippen molar-refractivity contribution in [2.45, 2.75) is 39.2 Å². The Morgan fingerprint density at radius 3 is 2.83 bits per heavy atom. The van der Waals surface area contributed by atoms with E-state index >= 15 is 0 Å². The third kappa shape index (κ3) is 2.86. The molecule has 1 rings (SSSR count). The van der Waals surface area contributed by atoms with Gasteiger partial charge in [-0.2, -0.15) is 0 Å². The average Bonchev–Trinajstić information content (AvgIpc) is 2.05. The van der Waals surface area contributed by atoms with E-state index in [4.69, 9.17) is 4.74 Å². The Morgan fingerprint density at radius 1 is 1.58 bits per heavy atom. The van der Waals surface area contributed by atoms with E-state index < -0.39 is 0 Å². The van der Waals surface area contributed by atoms with Gasteiger partial charge in [0.05, 0.1) is 6.61 Å². The fourth-order valence-electron chi connectivity index (χ4n) is 1.37. The Bertz CT molecular complexity index is 161. The molecule has 0 saturated heterocycles. The van der Waals surface area contributed by atoms with Crippen molar-refractivity contribution in [1.82, 2.24) is 0 Å². The van der Waals surface area contributed by atoms with Crippen molar-refractivity contribution >= 4 is 0 Å². The lowest BCUT2D eigenvalue weighted by atomic mass is 10.0. The lowest BCUT2D eigenvalue weighted by Gasteiger charge is -2.20. The number of allylic oxidation sites excluding steroid dienone is 1. The molecule has 1 N–H and O–H groups in total. The average molecular weight is 170 g/mol. The zero-order chi connectivity index (χ0) is 8.97. The van der Waals surface area contributed by atoms with Gasteiger partial charge in [0.2, 0.25) is 0 Å². The minimum Gasteiger partial charge on any atom is -0.496 e. The number of hydrogen-bond donors (Lipinski definition) is 1. The molecule has 0 fully saturated rings. The zero-order valence-corrected chi connectivity index (χ0v) is 7.92. The highest BCUT2D eigenvalue weighted by Gasteiger charge is 2.15. The molecule has 0 spiro atoms. The van der Waals surface area contributed by atoms with Crippen LogP contribution in [0.4, 0.5) is 0 Å². The van der Waals surface area contributed by atoms with Gasteiger partial charge >= 0.3 is 0 Å². The summed E-state index contributed by atoms with van der Waals surface area (Å²) in [4.78, 5) is 0. The van der Waals surface area contributed by atoms with Gasteiger partial charge in [-0.05, 0) is 31.3 Å². The van der Waals surface area contributed by atoms with E-state index in [2.05, 4.69) is 13.8 Å². The summed E-state index contributed by atoms with van der Waals surface area (Å²) in [5, 5.41) is 9.65. The van der Waals surface area contributed by atoms with Gasteiger partial charge in [0.25, 0.3) is 0 Å². The molecule has 0 bridgehead atoms. The lowest BCUT2D eigenvalue weighted by Crippen LogP contribution is -2.18. The molecule has 0 saturated carbocycles. The smallest absolute Gasteiger partial charge is 0.120 e. The molecule has 1 atom stereocenters. The van der Waals surface area contributed by atoms with Crippen molar-refractivity contribution in [3.8, 4) is 0 Å². The number of ether oxygens (including phenoxy) is 1. The molecule has 0 radical (unpaired) electrons. The van der Waals surface area contributed by atoms with Crippen LogP contribution in [-0.2, 0) is 4.74 Å². The Hall–Kier alpha value is -0.500. The van der Waals surface area contributed by atoms with E-state index in [0.29, 0.717) is 5.92 Å². The molecular weight excluding hydrogens is 152 g/mol. The van der Waals surface area contributed by atoms with Crippen LogP contribution in [0.15, 0.2) is 11.8 Å². The molecule has 1 unspecified atom stereocenters. The zero-order valence-electron chi connectivity index (χ0n) is 7.92. The molecule has 0 aliphatic carbocycles. The second kappa shape index (κ2) is 4.51. The van der Waals surface area contributed by atoms with Crippen LogP contribution >= 0.6 is 0 Å². The van der Waals surface area contributed by atoms with Crippen molar-refractivity contribution in [3.63, 3.8) is 0 Å². The second-order valence-corrected chi connectivity index (χ2v) is 3.74. The SMILES string of the molecule is CC(C)CC(O)C1=CCCCO1. The van der Waals surface area contributed by atoms with Gasteiger partial charge in [-0.1, -0.05) is 13.8 Å². The van der Waals surface area contributed by atoms with Crippen LogP contribution in [0, 0.1) is 5.92 Å². The largest absolute Gasteiger partial charge is 0.496 e. The van der Waals surface area contributed by atoms with E-state index in [0.717, 1.165) is 31.6 Å². The maximum Gasteiger partial charge on any atom is 0.120 e. The predicted molar refractivity (Wildman–Crippen MR) is 48.7 cm³/mol. The maximum absolute atomic E-state index is 9.65. The van der Waals surface area contributed by atoms with Gasteiger partial charge in [-0.15, -0.1) is 0 Å².